The number of alkyl halides is 3. The fourth-order valence-corrected chi connectivity index (χ4v) is 1.26. The summed E-state index contributed by atoms with van der Waals surface area (Å²) in [4.78, 5) is 0. The molecule has 0 aliphatic rings. The number of nitriles is 1. The number of halogens is 4. The summed E-state index contributed by atoms with van der Waals surface area (Å²) in [5, 5.41) is 11.0. The lowest BCUT2D eigenvalue weighted by Crippen LogP contribution is -2.21. The summed E-state index contributed by atoms with van der Waals surface area (Å²) in [5.41, 5.74) is 0.0753. The molecule has 0 amide bonds. The molecular weight excluding hydrogens is 236 g/mol. The van der Waals surface area contributed by atoms with Gasteiger partial charge in [-0.05, 0) is 6.07 Å². The summed E-state index contributed by atoms with van der Waals surface area (Å²) in [6.07, 6.45) is -5.19. The maximum atomic E-state index is 13.4. The fourth-order valence-electron chi connectivity index (χ4n) is 1.26. The van der Waals surface area contributed by atoms with Crippen molar-refractivity contribution in [1.82, 2.24) is 5.32 Å². The van der Waals surface area contributed by atoms with Crippen LogP contribution in [0.15, 0.2) is 18.2 Å². The Morgan fingerprint density at radius 1 is 1.29 bits per heavy atom. The van der Waals surface area contributed by atoms with E-state index < -0.39 is 18.4 Å². The van der Waals surface area contributed by atoms with E-state index in [1.54, 1.807) is 6.07 Å². The van der Waals surface area contributed by atoms with Gasteiger partial charge in [-0.2, -0.15) is 18.4 Å². The van der Waals surface area contributed by atoms with E-state index in [-0.39, 0.29) is 24.2 Å². The van der Waals surface area contributed by atoms with Crippen molar-refractivity contribution in [2.75, 3.05) is 6.54 Å². The predicted octanol–water partition coefficient (Wildman–Crippen LogP) is 2.74. The molecule has 0 bridgehead atoms. The maximum Gasteiger partial charge on any atom is 0.390 e. The van der Waals surface area contributed by atoms with Gasteiger partial charge in [-0.1, -0.05) is 12.1 Å². The first kappa shape index (κ1) is 13.5. The van der Waals surface area contributed by atoms with E-state index in [2.05, 4.69) is 5.32 Å². The minimum atomic E-state index is -4.22. The van der Waals surface area contributed by atoms with Crippen molar-refractivity contribution < 1.29 is 17.6 Å². The topological polar surface area (TPSA) is 35.8 Å². The summed E-state index contributed by atoms with van der Waals surface area (Å²) in [7, 11) is 0. The second kappa shape index (κ2) is 5.64. The van der Waals surface area contributed by atoms with Crippen molar-refractivity contribution in [1.29, 1.82) is 5.26 Å². The molecule has 1 rings (SSSR count). The van der Waals surface area contributed by atoms with E-state index in [0.29, 0.717) is 0 Å². The molecule has 1 N–H and O–H groups in total. The minimum absolute atomic E-state index is 0.0303. The van der Waals surface area contributed by atoms with Gasteiger partial charge in [-0.25, -0.2) is 4.39 Å². The van der Waals surface area contributed by atoms with E-state index in [0.717, 1.165) is 0 Å². The number of rotatable bonds is 4. The minimum Gasteiger partial charge on any atom is -0.312 e. The first-order valence-corrected chi connectivity index (χ1v) is 4.89. The third-order valence-electron chi connectivity index (χ3n) is 2.10. The molecule has 0 atom stereocenters. The lowest BCUT2D eigenvalue weighted by Gasteiger charge is -2.08. The van der Waals surface area contributed by atoms with Crippen LogP contribution in [0.25, 0.3) is 0 Å². The molecule has 0 saturated heterocycles. The molecule has 0 aliphatic carbocycles. The summed E-state index contributed by atoms with van der Waals surface area (Å²) in [6.45, 7) is -0.308. The Bertz CT molecular complexity index is 420. The van der Waals surface area contributed by atoms with E-state index in [1.165, 1.54) is 18.2 Å². The van der Waals surface area contributed by atoms with E-state index >= 15 is 0 Å². The quantitative estimate of drug-likeness (QED) is 0.655. The third-order valence-corrected chi connectivity index (χ3v) is 2.10. The number of nitrogens with zero attached hydrogens (tertiary/aromatic N) is 1. The Morgan fingerprint density at radius 3 is 2.59 bits per heavy atom. The van der Waals surface area contributed by atoms with Crippen LogP contribution in [-0.4, -0.2) is 12.7 Å². The summed E-state index contributed by atoms with van der Waals surface area (Å²) < 4.78 is 48.9. The Balaban J connectivity index is 2.51. The molecule has 0 unspecified atom stereocenters. The van der Waals surface area contributed by atoms with Gasteiger partial charge < -0.3 is 5.32 Å². The molecule has 0 radical (unpaired) electrons. The van der Waals surface area contributed by atoms with Gasteiger partial charge >= 0.3 is 6.18 Å². The van der Waals surface area contributed by atoms with E-state index in [9.17, 15) is 17.6 Å². The molecule has 0 aromatic heterocycles. The van der Waals surface area contributed by atoms with Crippen molar-refractivity contribution in [3.8, 4) is 6.07 Å². The normalized spacial score (nSPS) is 11.2. The largest absolute Gasteiger partial charge is 0.390 e. The Labute approximate surface area is 95.9 Å². The summed E-state index contributed by atoms with van der Waals surface area (Å²) in [6, 6.07) is 5.90. The van der Waals surface area contributed by atoms with Gasteiger partial charge in [0.05, 0.1) is 12.0 Å². The summed E-state index contributed by atoms with van der Waals surface area (Å²) >= 11 is 0. The van der Waals surface area contributed by atoms with Crippen molar-refractivity contribution in [3.63, 3.8) is 0 Å². The van der Waals surface area contributed by atoms with Crippen LogP contribution in [0, 0.1) is 17.1 Å². The van der Waals surface area contributed by atoms with E-state index in [1.807, 2.05) is 0 Å². The highest BCUT2D eigenvalue weighted by molar-refractivity contribution is 5.34. The molecule has 17 heavy (non-hydrogen) atoms. The maximum absolute atomic E-state index is 13.4. The average molecular weight is 246 g/mol. The van der Waals surface area contributed by atoms with Gasteiger partial charge in [-0.15, -0.1) is 0 Å². The van der Waals surface area contributed by atoms with Crippen LogP contribution in [0.2, 0.25) is 0 Å². The molecule has 6 heteroatoms. The van der Waals surface area contributed by atoms with Crippen molar-refractivity contribution >= 4 is 0 Å². The van der Waals surface area contributed by atoms with Gasteiger partial charge in [0.15, 0.2) is 0 Å². The highest BCUT2D eigenvalue weighted by Gasteiger charge is 2.25. The molecular formula is C11H10F4N2. The predicted molar refractivity (Wildman–Crippen MR) is 53.5 cm³/mol. The van der Waals surface area contributed by atoms with Crippen LogP contribution < -0.4 is 5.32 Å². The number of nitrogens with one attached hydrogen (secondary N) is 1. The molecule has 2 nitrogen and oxygen atoms in total. The van der Waals surface area contributed by atoms with Crippen LogP contribution in [0.1, 0.15) is 17.5 Å². The molecule has 1 aromatic rings. The van der Waals surface area contributed by atoms with Gasteiger partial charge in [0.25, 0.3) is 0 Å². The summed E-state index contributed by atoms with van der Waals surface area (Å²) in [5.74, 6) is -0.686. The van der Waals surface area contributed by atoms with Crippen molar-refractivity contribution in [2.45, 2.75) is 19.1 Å². The second-order valence-electron chi connectivity index (χ2n) is 3.43. The molecule has 0 heterocycles. The highest BCUT2D eigenvalue weighted by atomic mass is 19.4. The molecule has 1 aromatic carbocycles. The molecule has 0 saturated carbocycles. The van der Waals surface area contributed by atoms with Crippen LogP contribution in [0.4, 0.5) is 17.6 Å². The van der Waals surface area contributed by atoms with Crippen LogP contribution in [0.5, 0.6) is 0 Å². The number of benzene rings is 1. The van der Waals surface area contributed by atoms with Gasteiger partial charge in [0, 0.05) is 18.7 Å². The Hall–Kier alpha value is -1.61. The molecule has 0 fully saturated rings. The average Bonchev–Trinajstić information content (AvgIpc) is 2.25. The second-order valence-corrected chi connectivity index (χ2v) is 3.43. The lowest BCUT2D eigenvalue weighted by molar-refractivity contribution is -0.133. The monoisotopic (exact) mass is 246 g/mol. The molecule has 92 valence electrons. The fraction of sp³-hybridized carbons (Fsp3) is 0.364. The Morgan fingerprint density at radius 2 is 2.00 bits per heavy atom. The number of hydrogen-bond acceptors (Lipinski definition) is 2. The first-order valence-electron chi connectivity index (χ1n) is 4.89. The molecule has 0 spiro atoms. The van der Waals surface area contributed by atoms with Gasteiger partial charge in [-0.3, -0.25) is 0 Å². The van der Waals surface area contributed by atoms with Crippen LogP contribution in [0.3, 0.4) is 0 Å². The number of hydrogen-bond donors (Lipinski definition) is 1. The van der Waals surface area contributed by atoms with Crippen LogP contribution in [-0.2, 0) is 6.54 Å². The standard InChI is InChI=1S/C11H10F4N2/c12-10-8(6-16)2-1-3-9(10)7-17-5-4-11(13,14)15/h1-3,17H,4-5,7H2. The van der Waals surface area contributed by atoms with Crippen LogP contribution >= 0.6 is 0 Å². The zero-order chi connectivity index (χ0) is 12.9. The lowest BCUT2D eigenvalue weighted by atomic mass is 10.1. The molecule has 0 aliphatic heterocycles. The zero-order valence-electron chi connectivity index (χ0n) is 8.81. The van der Waals surface area contributed by atoms with Crippen molar-refractivity contribution in [3.05, 3.63) is 35.1 Å². The Kier molecular flexibility index (Phi) is 4.46. The van der Waals surface area contributed by atoms with E-state index in [4.69, 9.17) is 5.26 Å². The first-order chi connectivity index (χ1) is 7.94. The zero-order valence-corrected chi connectivity index (χ0v) is 8.81. The van der Waals surface area contributed by atoms with Gasteiger partial charge in [0.2, 0.25) is 0 Å². The third kappa shape index (κ3) is 4.41. The smallest absolute Gasteiger partial charge is 0.312 e. The SMILES string of the molecule is N#Cc1cccc(CNCCC(F)(F)F)c1F. The van der Waals surface area contributed by atoms with Gasteiger partial charge in [0.1, 0.15) is 11.9 Å². The highest BCUT2D eigenvalue weighted by Crippen LogP contribution is 2.18. The van der Waals surface area contributed by atoms with Crippen molar-refractivity contribution in [2.24, 2.45) is 0 Å².